The second kappa shape index (κ2) is 7.58. The van der Waals surface area contributed by atoms with Crippen LogP contribution < -0.4 is 0 Å². The molecule has 4 aromatic rings. The minimum absolute atomic E-state index is 0.144. The summed E-state index contributed by atoms with van der Waals surface area (Å²) in [6.45, 7) is 0. The fraction of sp³-hybridized carbons (Fsp3) is 0.0526. The molecule has 0 fully saturated rings. The van der Waals surface area contributed by atoms with Crippen molar-refractivity contribution in [2.45, 2.75) is 10.6 Å². The Hall–Kier alpha value is -2.35. The Morgan fingerprint density at radius 2 is 1.75 bits per heavy atom. The summed E-state index contributed by atoms with van der Waals surface area (Å²) >= 11 is 13.5. The van der Waals surface area contributed by atoms with Crippen LogP contribution in [0.5, 0.6) is 5.88 Å². The predicted molar refractivity (Wildman–Crippen MR) is 106 cm³/mol. The van der Waals surface area contributed by atoms with Gasteiger partial charge in [0.05, 0.1) is 21.4 Å². The number of hydrogen-bond donors (Lipinski definition) is 1. The molecule has 28 heavy (non-hydrogen) atoms. The van der Waals surface area contributed by atoms with Crippen molar-refractivity contribution in [2.24, 2.45) is 0 Å². The number of aromatic hydroxyl groups is 1. The van der Waals surface area contributed by atoms with Crippen LogP contribution in [-0.4, -0.2) is 19.7 Å². The molecule has 2 aromatic carbocycles. The van der Waals surface area contributed by atoms with Crippen molar-refractivity contribution in [2.75, 3.05) is 0 Å². The first-order chi connectivity index (χ1) is 13.4. The summed E-state index contributed by atoms with van der Waals surface area (Å²) in [5.41, 5.74) is 1.85. The number of benzene rings is 2. The molecule has 0 aliphatic heterocycles. The molecule has 4 rings (SSSR count). The van der Waals surface area contributed by atoms with Gasteiger partial charge in [-0.2, -0.15) is 9.61 Å². The van der Waals surface area contributed by atoms with Crippen LogP contribution >= 0.6 is 35.0 Å². The Labute approximate surface area is 172 Å². The van der Waals surface area contributed by atoms with Crippen LogP contribution in [0.1, 0.15) is 5.69 Å². The number of fused-ring (bicyclic) bond motifs is 1. The molecule has 2 aromatic heterocycles. The maximum Gasteiger partial charge on any atom is 0.215 e. The number of rotatable bonds is 4. The molecular weight excluding hydrogens is 427 g/mol. The Morgan fingerprint density at radius 3 is 2.50 bits per heavy atom. The van der Waals surface area contributed by atoms with Crippen LogP contribution in [0.3, 0.4) is 0 Å². The summed E-state index contributed by atoms with van der Waals surface area (Å²) in [5.74, 6) is -1.72. The summed E-state index contributed by atoms with van der Waals surface area (Å²) in [7, 11) is 0. The Bertz CT molecular complexity index is 1180. The lowest BCUT2D eigenvalue weighted by atomic mass is 10.1. The van der Waals surface area contributed by atoms with E-state index in [1.165, 1.54) is 22.7 Å². The summed E-state index contributed by atoms with van der Waals surface area (Å²) in [6.07, 6.45) is 0. The van der Waals surface area contributed by atoms with E-state index in [0.29, 0.717) is 32.6 Å². The van der Waals surface area contributed by atoms with Gasteiger partial charge in [0.15, 0.2) is 17.3 Å². The van der Waals surface area contributed by atoms with Gasteiger partial charge in [-0.15, -0.1) is 11.8 Å². The van der Waals surface area contributed by atoms with Crippen molar-refractivity contribution in [1.29, 1.82) is 0 Å². The molecule has 0 spiro atoms. The first-order valence-electron chi connectivity index (χ1n) is 8.04. The van der Waals surface area contributed by atoms with Gasteiger partial charge in [-0.1, -0.05) is 35.3 Å². The zero-order chi connectivity index (χ0) is 19.8. The lowest BCUT2D eigenvalue weighted by molar-refractivity contribution is 0.434. The van der Waals surface area contributed by atoms with Crippen molar-refractivity contribution >= 4 is 40.6 Å². The minimum atomic E-state index is -0.909. The van der Waals surface area contributed by atoms with Crippen LogP contribution in [0.15, 0.2) is 53.4 Å². The quantitative estimate of drug-likeness (QED) is 0.399. The lowest BCUT2D eigenvalue weighted by Crippen LogP contribution is -1.96. The van der Waals surface area contributed by atoms with E-state index in [1.807, 2.05) is 0 Å². The Balaban J connectivity index is 1.68. The predicted octanol–water partition coefficient (Wildman–Crippen LogP) is 5.98. The molecule has 0 radical (unpaired) electrons. The summed E-state index contributed by atoms with van der Waals surface area (Å²) in [6, 6.07) is 12.1. The summed E-state index contributed by atoms with van der Waals surface area (Å²) in [4.78, 5) is 4.59. The van der Waals surface area contributed by atoms with E-state index in [0.717, 1.165) is 17.8 Å². The van der Waals surface area contributed by atoms with Gasteiger partial charge in [-0.05, 0) is 24.3 Å². The average Bonchev–Trinajstić information content (AvgIpc) is 3.07. The SMILES string of the molecule is Oc1cc(CSc2cccc(F)c2F)nc2cc(-c3c(Cl)cccc3Cl)nn12. The number of aromatic nitrogens is 3. The molecule has 0 atom stereocenters. The zero-order valence-electron chi connectivity index (χ0n) is 14.0. The molecule has 0 aliphatic carbocycles. The standard InChI is InChI=1S/C19H11Cl2F2N3OS/c20-11-3-1-4-12(21)18(11)14-8-16-24-10(7-17(27)26(16)25-14)9-28-15-6-2-5-13(22)19(15)23/h1-8,27H,9H2. The number of thioether (sulfide) groups is 1. The molecule has 2 heterocycles. The maximum absolute atomic E-state index is 13.8. The monoisotopic (exact) mass is 437 g/mol. The van der Waals surface area contributed by atoms with Gasteiger partial charge >= 0.3 is 0 Å². The minimum Gasteiger partial charge on any atom is -0.493 e. The maximum atomic E-state index is 13.8. The van der Waals surface area contributed by atoms with Crippen molar-refractivity contribution in [3.63, 3.8) is 0 Å². The van der Waals surface area contributed by atoms with Crippen molar-refractivity contribution in [3.05, 3.63) is 75.9 Å². The van der Waals surface area contributed by atoms with Crippen LogP contribution in [0.2, 0.25) is 10.0 Å². The highest BCUT2D eigenvalue weighted by molar-refractivity contribution is 7.98. The van der Waals surface area contributed by atoms with Crippen LogP contribution in [-0.2, 0) is 5.75 Å². The molecule has 142 valence electrons. The number of halogens is 4. The van der Waals surface area contributed by atoms with E-state index < -0.39 is 11.6 Å². The summed E-state index contributed by atoms with van der Waals surface area (Å²) < 4.78 is 28.4. The highest BCUT2D eigenvalue weighted by Gasteiger charge is 2.16. The van der Waals surface area contributed by atoms with E-state index in [4.69, 9.17) is 23.2 Å². The molecule has 4 nitrogen and oxygen atoms in total. The van der Waals surface area contributed by atoms with E-state index in [2.05, 4.69) is 10.1 Å². The molecule has 1 N–H and O–H groups in total. The third-order valence-electron chi connectivity index (χ3n) is 3.97. The van der Waals surface area contributed by atoms with Crippen molar-refractivity contribution in [3.8, 4) is 17.1 Å². The molecule has 0 bridgehead atoms. The van der Waals surface area contributed by atoms with Crippen LogP contribution in [0.4, 0.5) is 8.78 Å². The van der Waals surface area contributed by atoms with E-state index in [1.54, 1.807) is 24.3 Å². The molecular formula is C19H11Cl2F2N3OS. The first-order valence-corrected chi connectivity index (χ1v) is 9.78. The molecule has 0 aliphatic rings. The normalized spacial score (nSPS) is 11.3. The highest BCUT2D eigenvalue weighted by atomic mass is 35.5. The van der Waals surface area contributed by atoms with E-state index in [-0.39, 0.29) is 16.5 Å². The molecule has 0 saturated heterocycles. The van der Waals surface area contributed by atoms with E-state index in [9.17, 15) is 13.9 Å². The molecule has 0 saturated carbocycles. The third kappa shape index (κ3) is 3.53. The van der Waals surface area contributed by atoms with Gasteiger partial charge in [0.1, 0.15) is 0 Å². The second-order valence-electron chi connectivity index (χ2n) is 5.84. The van der Waals surface area contributed by atoms with Crippen molar-refractivity contribution in [1.82, 2.24) is 14.6 Å². The Morgan fingerprint density at radius 1 is 1.04 bits per heavy atom. The first kappa shape index (κ1) is 19.0. The number of nitrogens with zero attached hydrogens (tertiary/aromatic N) is 3. The van der Waals surface area contributed by atoms with Gasteiger partial charge in [-0.3, -0.25) is 0 Å². The van der Waals surface area contributed by atoms with Crippen LogP contribution in [0.25, 0.3) is 16.9 Å². The Kier molecular flexibility index (Phi) is 5.14. The van der Waals surface area contributed by atoms with Gasteiger partial charge in [0.25, 0.3) is 0 Å². The van der Waals surface area contributed by atoms with Crippen LogP contribution in [0, 0.1) is 11.6 Å². The lowest BCUT2D eigenvalue weighted by Gasteiger charge is -2.05. The average molecular weight is 438 g/mol. The fourth-order valence-electron chi connectivity index (χ4n) is 2.69. The summed E-state index contributed by atoms with van der Waals surface area (Å²) in [5, 5.41) is 15.5. The highest BCUT2D eigenvalue weighted by Crippen LogP contribution is 2.35. The van der Waals surface area contributed by atoms with Crippen molar-refractivity contribution < 1.29 is 13.9 Å². The molecule has 0 amide bonds. The number of hydrogen-bond acceptors (Lipinski definition) is 4. The molecule has 9 heteroatoms. The second-order valence-corrected chi connectivity index (χ2v) is 7.67. The van der Waals surface area contributed by atoms with Gasteiger partial charge in [0.2, 0.25) is 5.88 Å². The largest absolute Gasteiger partial charge is 0.493 e. The van der Waals surface area contributed by atoms with E-state index >= 15 is 0 Å². The third-order valence-corrected chi connectivity index (χ3v) is 5.67. The zero-order valence-corrected chi connectivity index (χ0v) is 16.4. The van der Waals surface area contributed by atoms with Gasteiger partial charge in [0, 0.05) is 28.3 Å². The smallest absolute Gasteiger partial charge is 0.215 e. The van der Waals surface area contributed by atoms with Gasteiger partial charge < -0.3 is 5.11 Å². The molecule has 0 unspecified atom stereocenters. The topological polar surface area (TPSA) is 50.4 Å². The van der Waals surface area contributed by atoms with Gasteiger partial charge in [-0.25, -0.2) is 13.8 Å². The fourth-order valence-corrected chi connectivity index (χ4v) is 4.14.